The highest BCUT2D eigenvalue weighted by atomic mass is 32.2. The Labute approximate surface area is 198 Å². The predicted octanol–water partition coefficient (Wildman–Crippen LogP) is 4.22. The number of nitrogens with zero attached hydrogens (tertiary/aromatic N) is 2. The van der Waals surface area contributed by atoms with Gasteiger partial charge in [0, 0.05) is 11.4 Å². The van der Waals surface area contributed by atoms with Crippen LogP contribution in [0, 0.1) is 0 Å². The first-order chi connectivity index (χ1) is 16.1. The van der Waals surface area contributed by atoms with Crippen LogP contribution in [0.25, 0.3) is 10.9 Å². The highest BCUT2D eigenvalue weighted by Gasteiger charge is 2.16. The Morgan fingerprint density at radius 3 is 2.67 bits per heavy atom. The van der Waals surface area contributed by atoms with Crippen molar-refractivity contribution in [1.82, 2.24) is 9.55 Å². The van der Waals surface area contributed by atoms with Crippen molar-refractivity contribution in [3.63, 3.8) is 0 Å². The molecule has 2 aromatic heterocycles. The van der Waals surface area contributed by atoms with E-state index in [0.29, 0.717) is 34.7 Å². The van der Waals surface area contributed by atoms with Crippen LogP contribution in [0.2, 0.25) is 0 Å². The van der Waals surface area contributed by atoms with Gasteiger partial charge < -0.3 is 10.1 Å². The molecule has 33 heavy (non-hydrogen) atoms. The summed E-state index contributed by atoms with van der Waals surface area (Å²) >= 11 is 2.83. The summed E-state index contributed by atoms with van der Waals surface area (Å²) in [7, 11) is 1.29. The van der Waals surface area contributed by atoms with Gasteiger partial charge in [0.25, 0.3) is 5.56 Å². The maximum absolute atomic E-state index is 13.2. The number of benzene rings is 2. The Morgan fingerprint density at radius 2 is 1.88 bits per heavy atom. The van der Waals surface area contributed by atoms with E-state index in [-0.39, 0.29) is 22.8 Å². The first kappa shape index (κ1) is 22.8. The molecule has 0 bridgehead atoms. The molecule has 9 heteroatoms. The van der Waals surface area contributed by atoms with Gasteiger partial charge in [0.15, 0.2) is 5.16 Å². The second-order valence-electron chi connectivity index (χ2n) is 7.07. The third-order valence-electron chi connectivity index (χ3n) is 4.93. The maximum atomic E-state index is 13.2. The summed E-state index contributed by atoms with van der Waals surface area (Å²) in [5.74, 6) is -0.819. The third-order valence-corrected chi connectivity index (χ3v) is 6.84. The molecule has 0 saturated carbocycles. The van der Waals surface area contributed by atoms with Gasteiger partial charge in [-0.3, -0.25) is 14.2 Å². The van der Waals surface area contributed by atoms with Crippen LogP contribution in [-0.4, -0.2) is 34.3 Å². The molecule has 0 unspecified atom stereocenters. The number of thiophene rings is 1. The minimum Gasteiger partial charge on any atom is -0.465 e. The van der Waals surface area contributed by atoms with Crippen LogP contribution in [0.1, 0.15) is 15.2 Å². The van der Waals surface area contributed by atoms with Gasteiger partial charge in [0.1, 0.15) is 0 Å². The molecule has 4 rings (SSSR count). The van der Waals surface area contributed by atoms with E-state index in [4.69, 9.17) is 4.74 Å². The first-order valence-corrected chi connectivity index (χ1v) is 12.1. The van der Waals surface area contributed by atoms with Gasteiger partial charge in [-0.15, -0.1) is 11.3 Å². The van der Waals surface area contributed by atoms with Crippen LogP contribution in [0.3, 0.4) is 0 Å². The molecule has 0 aliphatic heterocycles. The molecule has 1 N–H and O–H groups in total. The SMILES string of the molecule is COC(=O)c1ccccc1NC(=O)CSc1nc2ccccc2c(=O)n1CCc1cccs1. The number of fused-ring (bicyclic) bond motifs is 1. The zero-order valence-electron chi connectivity index (χ0n) is 17.8. The zero-order valence-corrected chi connectivity index (χ0v) is 19.4. The number of hydrogen-bond acceptors (Lipinski definition) is 7. The van der Waals surface area contributed by atoms with Gasteiger partial charge in [0.05, 0.1) is 35.0 Å². The molecule has 2 aromatic carbocycles. The number of aromatic nitrogens is 2. The van der Waals surface area contributed by atoms with E-state index < -0.39 is 5.97 Å². The van der Waals surface area contributed by atoms with Gasteiger partial charge in [-0.05, 0) is 42.1 Å². The molecule has 168 valence electrons. The average Bonchev–Trinajstić information content (AvgIpc) is 3.36. The summed E-state index contributed by atoms with van der Waals surface area (Å²) in [6, 6.07) is 17.8. The van der Waals surface area contributed by atoms with Crippen LogP contribution < -0.4 is 10.9 Å². The molecule has 4 aromatic rings. The Balaban J connectivity index is 1.55. The number of amides is 1. The average molecular weight is 480 g/mol. The van der Waals surface area contributed by atoms with E-state index in [2.05, 4.69) is 10.3 Å². The number of carbonyl (C=O) groups is 2. The lowest BCUT2D eigenvalue weighted by Gasteiger charge is -2.13. The molecule has 0 aliphatic carbocycles. The van der Waals surface area contributed by atoms with Gasteiger partial charge in [-0.25, -0.2) is 9.78 Å². The normalized spacial score (nSPS) is 10.8. The molecule has 7 nitrogen and oxygen atoms in total. The highest BCUT2D eigenvalue weighted by molar-refractivity contribution is 7.99. The second kappa shape index (κ2) is 10.5. The summed E-state index contributed by atoms with van der Waals surface area (Å²) in [4.78, 5) is 43.6. The molecule has 0 saturated heterocycles. The minimum atomic E-state index is -0.530. The molecule has 0 atom stereocenters. The van der Waals surface area contributed by atoms with Gasteiger partial charge in [-0.1, -0.05) is 42.1 Å². The molecule has 0 aliphatic rings. The van der Waals surface area contributed by atoms with Crippen LogP contribution in [0.5, 0.6) is 0 Å². The smallest absolute Gasteiger partial charge is 0.339 e. The molecular formula is C24H21N3O4S2. The lowest BCUT2D eigenvalue weighted by Crippen LogP contribution is -2.25. The topological polar surface area (TPSA) is 90.3 Å². The Morgan fingerprint density at radius 1 is 1.09 bits per heavy atom. The summed E-state index contributed by atoms with van der Waals surface area (Å²) in [6.45, 7) is 0.465. The van der Waals surface area contributed by atoms with Crippen molar-refractivity contribution < 1.29 is 14.3 Å². The van der Waals surface area contributed by atoms with Crippen molar-refractivity contribution >= 4 is 51.6 Å². The number of anilines is 1. The summed E-state index contributed by atoms with van der Waals surface area (Å²) in [6.07, 6.45) is 0.698. The number of aryl methyl sites for hydroxylation is 1. The van der Waals surface area contributed by atoms with Crippen LogP contribution in [-0.2, 0) is 22.5 Å². The number of ether oxygens (including phenoxy) is 1. The largest absolute Gasteiger partial charge is 0.465 e. The van der Waals surface area contributed by atoms with E-state index in [1.165, 1.54) is 23.7 Å². The summed E-state index contributed by atoms with van der Waals surface area (Å²) in [5, 5.41) is 5.77. The molecule has 1 amide bonds. The third kappa shape index (κ3) is 5.32. The fourth-order valence-corrected chi connectivity index (χ4v) is 4.85. The summed E-state index contributed by atoms with van der Waals surface area (Å²) in [5.41, 5.74) is 1.11. The number of hydrogen-bond donors (Lipinski definition) is 1. The number of thioether (sulfide) groups is 1. The van der Waals surface area contributed by atoms with E-state index in [9.17, 15) is 14.4 Å². The molecule has 0 fully saturated rings. The quantitative estimate of drug-likeness (QED) is 0.231. The fourth-order valence-electron chi connectivity index (χ4n) is 3.33. The minimum absolute atomic E-state index is 0.0271. The molecular weight excluding hydrogens is 458 g/mol. The number of esters is 1. The van der Waals surface area contributed by atoms with Crippen molar-refractivity contribution in [2.45, 2.75) is 18.1 Å². The van der Waals surface area contributed by atoms with E-state index in [0.717, 1.165) is 0 Å². The summed E-state index contributed by atoms with van der Waals surface area (Å²) < 4.78 is 6.40. The Kier molecular flexibility index (Phi) is 7.21. The zero-order chi connectivity index (χ0) is 23.2. The van der Waals surface area contributed by atoms with E-state index in [1.54, 1.807) is 52.3 Å². The number of carbonyl (C=O) groups excluding carboxylic acids is 2. The number of methoxy groups -OCH3 is 1. The predicted molar refractivity (Wildman–Crippen MR) is 131 cm³/mol. The van der Waals surface area contributed by atoms with Gasteiger partial charge in [0.2, 0.25) is 5.91 Å². The fraction of sp³-hybridized carbons (Fsp3) is 0.167. The van der Waals surface area contributed by atoms with E-state index >= 15 is 0 Å². The van der Waals surface area contributed by atoms with E-state index in [1.807, 2.05) is 29.6 Å². The van der Waals surface area contributed by atoms with Crippen LogP contribution in [0.4, 0.5) is 5.69 Å². The lowest BCUT2D eigenvalue weighted by molar-refractivity contribution is -0.113. The second-order valence-corrected chi connectivity index (χ2v) is 9.05. The lowest BCUT2D eigenvalue weighted by atomic mass is 10.2. The molecule has 2 heterocycles. The molecule has 0 spiro atoms. The van der Waals surface area contributed by atoms with Crippen molar-refractivity contribution in [2.24, 2.45) is 0 Å². The number of nitrogens with one attached hydrogen (secondary N) is 1. The standard InChI is InChI=1S/C24H21N3O4S2/c1-31-23(30)18-9-3-5-11-20(18)25-21(28)15-33-24-26-19-10-4-2-8-17(19)22(29)27(24)13-12-16-7-6-14-32-16/h2-11,14H,12-13,15H2,1H3,(H,25,28). The van der Waals surface area contributed by atoms with Crippen LogP contribution in [0.15, 0.2) is 76.0 Å². The highest BCUT2D eigenvalue weighted by Crippen LogP contribution is 2.21. The van der Waals surface area contributed by atoms with Gasteiger partial charge in [-0.2, -0.15) is 0 Å². The Hall–Kier alpha value is -3.43. The molecule has 0 radical (unpaired) electrons. The number of para-hydroxylation sites is 2. The van der Waals surface area contributed by atoms with Crippen molar-refractivity contribution in [1.29, 1.82) is 0 Å². The van der Waals surface area contributed by atoms with Crippen molar-refractivity contribution in [3.8, 4) is 0 Å². The maximum Gasteiger partial charge on any atom is 0.339 e. The van der Waals surface area contributed by atoms with Crippen molar-refractivity contribution in [3.05, 3.63) is 86.8 Å². The van der Waals surface area contributed by atoms with Crippen molar-refractivity contribution in [2.75, 3.05) is 18.2 Å². The number of rotatable bonds is 8. The first-order valence-electron chi connectivity index (χ1n) is 10.2. The Bertz CT molecular complexity index is 1350. The van der Waals surface area contributed by atoms with Gasteiger partial charge >= 0.3 is 5.97 Å². The van der Waals surface area contributed by atoms with Crippen LogP contribution >= 0.6 is 23.1 Å². The monoisotopic (exact) mass is 479 g/mol.